The fourth-order valence-electron chi connectivity index (χ4n) is 3.14. The zero-order valence-electron chi connectivity index (χ0n) is 14.7. The highest BCUT2D eigenvalue weighted by atomic mass is 32.1. The molecule has 0 fully saturated rings. The standard InChI is InChI=1S/C18H22N2O4S/c1-12-11-25-18(22)20(12)7-5-17(21)19-6-4-13-8-15(23-2)16(24-3)9-14(13)10-19/h8-9,11H,4-7,10H2,1-3H3. The van der Waals surface area contributed by atoms with E-state index in [2.05, 4.69) is 0 Å². The van der Waals surface area contributed by atoms with Crippen LogP contribution in [0.25, 0.3) is 0 Å². The molecule has 1 aromatic carbocycles. The fraction of sp³-hybridized carbons (Fsp3) is 0.444. The largest absolute Gasteiger partial charge is 0.493 e. The minimum atomic E-state index is -0.00822. The van der Waals surface area contributed by atoms with Gasteiger partial charge in [0.1, 0.15) is 0 Å². The molecule has 1 aliphatic rings. The number of ether oxygens (including phenoxy) is 2. The Hall–Kier alpha value is -2.28. The van der Waals surface area contributed by atoms with Crippen molar-refractivity contribution in [2.24, 2.45) is 0 Å². The molecule has 1 aliphatic heterocycles. The number of amides is 1. The van der Waals surface area contributed by atoms with Crippen LogP contribution in [0.15, 0.2) is 22.3 Å². The molecule has 0 unspecified atom stereocenters. The first-order chi connectivity index (χ1) is 12.0. The second kappa shape index (κ2) is 7.31. The fourth-order valence-corrected chi connectivity index (χ4v) is 3.90. The lowest BCUT2D eigenvalue weighted by Gasteiger charge is -2.29. The number of rotatable bonds is 5. The maximum atomic E-state index is 12.6. The van der Waals surface area contributed by atoms with Gasteiger partial charge >= 0.3 is 4.87 Å². The van der Waals surface area contributed by atoms with Crippen LogP contribution >= 0.6 is 11.3 Å². The topological polar surface area (TPSA) is 60.8 Å². The molecule has 3 rings (SSSR count). The van der Waals surface area contributed by atoms with Gasteiger partial charge in [-0.05, 0) is 36.6 Å². The highest BCUT2D eigenvalue weighted by Crippen LogP contribution is 2.33. The Kier molecular flexibility index (Phi) is 5.13. The summed E-state index contributed by atoms with van der Waals surface area (Å²) in [6.07, 6.45) is 1.12. The first-order valence-corrected chi connectivity index (χ1v) is 9.08. The Morgan fingerprint density at radius 2 is 1.88 bits per heavy atom. The van der Waals surface area contributed by atoms with Gasteiger partial charge in [-0.2, -0.15) is 0 Å². The number of aryl methyl sites for hydroxylation is 1. The molecule has 0 saturated heterocycles. The number of aromatic nitrogens is 1. The third-order valence-electron chi connectivity index (χ3n) is 4.60. The minimum Gasteiger partial charge on any atom is -0.493 e. The number of hydrogen-bond acceptors (Lipinski definition) is 5. The molecule has 6 nitrogen and oxygen atoms in total. The summed E-state index contributed by atoms with van der Waals surface area (Å²) in [4.78, 5) is 26.2. The highest BCUT2D eigenvalue weighted by molar-refractivity contribution is 7.07. The molecule has 0 saturated carbocycles. The van der Waals surface area contributed by atoms with Gasteiger partial charge in [0.05, 0.1) is 14.2 Å². The molecule has 2 heterocycles. The Labute approximate surface area is 150 Å². The maximum Gasteiger partial charge on any atom is 0.307 e. The summed E-state index contributed by atoms with van der Waals surface area (Å²) in [5, 5.41) is 1.82. The van der Waals surface area contributed by atoms with Crippen LogP contribution in [0.4, 0.5) is 0 Å². The molecule has 1 aromatic heterocycles. The number of hydrogen-bond donors (Lipinski definition) is 0. The van der Waals surface area contributed by atoms with Crippen LogP contribution < -0.4 is 14.3 Å². The van der Waals surface area contributed by atoms with Crippen LogP contribution in [0.2, 0.25) is 0 Å². The summed E-state index contributed by atoms with van der Waals surface area (Å²) in [5.74, 6) is 1.46. The van der Waals surface area contributed by atoms with Crippen LogP contribution in [0.5, 0.6) is 11.5 Å². The van der Waals surface area contributed by atoms with E-state index in [0.29, 0.717) is 37.6 Å². The van der Waals surface area contributed by atoms with Crippen molar-refractivity contribution in [2.75, 3.05) is 20.8 Å². The SMILES string of the molecule is COc1cc2c(cc1OC)CN(C(=O)CCn1c(C)csc1=O)CC2. The number of carbonyl (C=O) groups is 1. The van der Waals surface area contributed by atoms with Gasteiger partial charge in [-0.15, -0.1) is 0 Å². The normalized spacial score (nSPS) is 13.5. The number of fused-ring (bicyclic) bond motifs is 1. The van der Waals surface area contributed by atoms with E-state index < -0.39 is 0 Å². The van der Waals surface area contributed by atoms with E-state index >= 15 is 0 Å². The third kappa shape index (κ3) is 3.56. The van der Waals surface area contributed by atoms with E-state index in [1.807, 2.05) is 29.3 Å². The molecule has 0 atom stereocenters. The van der Waals surface area contributed by atoms with Crippen molar-refractivity contribution in [3.8, 4) is 11.5 Å². The van der Waals surface area contributed by atoms with Gasteiger partial charge in [0.25, 0.3) is 0 Å². The summed E-state index contributed by atoms with van der Waals surface area (Å²) in [5.41, 5.74) is 3.18. The van der Waals surface area contributed by atoms with Crippen LogP contribution in [0, 0.1) is 6.92 Å². The lowest BCUT2D eigenvalue weighted by molar-refractivity contribution is -0.132. The van der Waals surface area contributed by atoms with Gasteiger partial charge in [0, 0.05) is 37.1 Å². The molecule has 0 radical (unpaired) electrons. The second-order valence-electron chi connectivity index (χ2n) is 6.09. The van der Waals surface area contributed by atoms with Crippen molar-refractivity contribution in [1.29, 1.82) is 0 Å². The van der Waals surface area contributed by atoms with Crippen LogP contribution in [-0.2, 0) is 24.3 Å². The quantitative estimate of drug-likeness (QED) is 0.818. The van der Waals surface area contributed by atoms with E-state index in [1.54, 1.807) is 18.8 Å². The third-order valence-corrected chi connectivity index (χ3v) is 5.48. The Morgan fingerprint density at radius 1 is 1.20 bits per heavy atom. The van der Waals surface area contributed by atoms with Gasteiger partial charge in [-0.1, -0.05) is 11.3 Å². The van der Waals surface area contributed by atoms with Crippen molar-refractivity contribution < 1.29 is 14.3 Å². The molecule has 7 heteroatoms. The van der Waals surface area contributed by atoms with Crippen LogP contribution in [0.1, 0.15) is 23.2 Å². The summed E-state index contributed by atoms with van der Waals surface area (Å²) in [6, 6.07) is 3.94. The summed E-state index contributed by atoms with van der Waals surface area (Å²) in [6.45, 7) is 3.56. The molecule has 134 valence electrons. The molecular formula is C18H22N2O4S. The smallest absolute Gasteiger partial charge is 0.307 e. The Morgan fingerprint density at radius 3 is 2.48 bits per heavy atom. The van der Waals surface area contributed by atoms with E-state index in [9.17, 15) is 9.59 Å². The molecule has 0 aliphatic carbocycles. The molecule has 25 heavy (non-hydrogen) atoms. The van der Waals surface area contributed by atoms with Crippen molar-refractivity contribution in [2.45, 2.75) is 32.9 Å². The van der Waals surface area contributed by atoms with Gasteiger partial charge in [0.15, 0.2) is 11.5 Å². The maximum absolute atomic E-state index is 12.6. The van der Waals surface area contributed by atoms with Gasteiger partial charge < -0.3 is 18.9 Å². The summed E-state index contributed by atoms with van der Waals surface area (Å²) >= 11 is 1.17. The number of benzene rings is 1. The number of carbonyl (C=O) groups excluding carboxylic acids is 1. The van der Waals surface area contributed by atoms with E-state index in [1.165, 1.54) is 16.9 Å². The lowest BCUT2D eigenvalue weighted by Crippen LogP contribution is -2.36. The summed E-state index contributed by atoms with van der Waals surface area (Å²) < 4.78 is 12.4. The molecular weight excluding hydrogens is 340 g/mol. The van der Waals surface area contributed by atoms with Gasteiger partial charge in [0.2, 0.25) is 5.91 Å². The van der Waals surface area contributed by atoms with Gasteiger partial charge in [-0.25, -0.2) is 0 Å². The van der Waals surface area contributed by atoms with E-state index in [4.69, 9.17) is 9.47 Å². The number of thiazole rings is 1. The van der Waals surface area contributed by atoms with Crippen molar-refractivity contribution >= 4 is 17.2 Å². The molecule has 1 amide bonds. The molecule has 2 aromatic rings. The monoisotopic (exact) mass is 362 g/mol. The zero-order valence-corrected chi connectivity index (χ0v) is 15.5. The molecule has 0 bridgehead atoms. The predicted molar refractivity (Wildman–Crippen MR) is 96.6 cm³/mol. The lowest BCUT2D eigenvalue weighted by atomic mass is 9.98. The van der Waals surface area contributed by atoms with E-state index in [-0.39, 0.29) is 10.8 Å². The average Bonchev–Trinajstić information content (AvgIpc) is 2.95. The first kappa shape index (κ1) is 17.5. The Balaban J connectivity index is 1.69. The zero-order chi connectivity index (χ0) is 18.0. The minimum absolute atomic E-state index is 0.00822. The van der Waals surface area contributed by atoms with Crippen LogP contribution in [0.3, 0.4) is 0 Å². The highest BCUT2D eigenvalue weighted by Gasteiger charge is 2.23. The number of nitrogens with zero attached hydrogens (tertiary/aromatic N) is 2. The van der Waals surface area contributed by atoms with E-state index in [0.717, 1.165) is 17.7 Å². The van der Waals surface area contributed by atoms with Gasteiger partial charge in [-0.3, -0.25) is 9.59 Å². The molecule has 0 spiro atoms. The summed E-state index contributed by atoms with van der Waals surface area (Å²) in [7, 11) is 3.23. The van der Waals surface area contributed by atoms with Crippen LogP contribution in [-0.4, -0.2) is 36.1 Å². The second-order valence-corrected chi connectivity index (χ2v) is 6.91. The number of methoxy groups -OCH3 is 2. The van der Waals surface area contributed by atoms with Crippen molar-refractivity contribution in [3.63, 3.8) is 0 Å². The first-order valence-electron chi connectivity index (χ1n) is 8.20. The average molecular weight is 362 g/mol. The van der Waals surface area contributed by atoms with Crippen molar-refractivity contribution in [1.82, 2.24) is 9.47 Å². The molecule has 0 N–H and O–H groups in total. The Bertz CT molecular complexity index is 840. The van der Waals surface area contributed by atoms with Crippen molar-refractivity contribution in [3.05, 3.63) is 44.0 Å². The predicted octanol–water partition coefficient (Wildman–Crippen LogP) is 2.21.